The molecule has 0 aromatic heterocycles. The van der Waals surface area contributed by atoms with Crippen LogP contribution in [0.5, 0.6) is 0 Å². The average molecular weight is 175 g/mol. The van der Waals surface area contributed by atoms with Crippen LogP contribution in [-0.4, -0.2) is 4.32 Å². The van der Waals surface area contributed by atoms with E-state index in [4.69, 9.17) is 0 Å². The molecule has 0 radical (unpaired) electrons. The first-order valence-corrected chi connectivity index (χ1v) is 4.27. The molecule has 0 spiro atoms. The quantitative estimate of drug-likeness (QED) is 0.496. The molecular weight excluding hydrogens is 164 g/mol. The number of hydrogen-bond acceptors (Lipinski definition) is 0. The van der Waals surface area contributed by atoms with Gasteiger partial charge >= 0.3 is 0 Å². The second kappa shape index (κ2) is 1.50. The molecule has 2 aliphatic rings. The number of halogens is 1. The molecule has 0 heterocycles. The average Bonchev–Trinajstić information content (AvgIpc) is 2.21. The van der Waals surface area contributed by atoms with Crippen LogP contribution in [-0.2, 0) is 0 Å². The summed E-state index contributed by atoms with van der Waals surface area (Å²) in [5.41, 5.74) is 0. The molecule has 46 valence electrons. The summed E-state index contributed by atoms with van der Waals surface area (Å²) >= 11 is 3.79. The molecular formula is C7H11Br. The van der Waals surface area contributed by atoms with Crippen molar-refractivity contribution in [2.45, 2.75) is 36.4 Å². The molecule has 0 aromatic carbocycles. The van der Waals surface area contributed by atoms with Crippen LogP contribution in [0.3, 0.4) is 0 Å². The molecule has 0 atom stereocenters. The molecule has 0 amide bonds. The van der Waals surface area contributed by atoms with Crippen molar-refractivity contribution >= 4 is 15.9 Å². The highest BCUT2D eigenvalue weighted by atomic mass is 79.9. The van der Waals surface area contributed by atoms with Crippen LogP contribution >= 0.6 is 15.9 Å². The molecule has 0 nitrogen and oxygen atoms in total. The molecule has 8 heavy (non-hydrogen) atoms. The van der Waals surface area contributed by atoms with Crippen LogP contribution in [0.4, 0.5) is 0 Å². The molecule has 0 saturated heterocycles. The standard InChI is InChI=1S/C7H11Br/c8-7-3-1-6(5-7)2-4-7/h6H,1-5H2. The summed E-state index contributed by atoms with van der Waals surface area (Å²) in [6.07, 6.45) is 7.33. The van der Waals surface area contributed by atoms with Crippen LogP contribution in [0.1, 0.15) is 32.1 Å². The van der Waals surface area contributed by atoms with E-state index in [0.717, 1.165) is 5.92 Å². The van der Waals surface area contributed by atoms with Crippen LogP contribution < -0.4 is 0 Å². The van der Waals surface area contributed by atoms with E-state index in [0.29, 0.717) is 4.32 Å². The predicted molar refractivity (Wildman–Crippen MR) is 38.2 cm³/mol. The van der Waals surface area contributed by atoms with Crippen LogP contribution in [0.25, 0.3) is 0 Å². The Morgan fingerprint density at radius 3 is 2.00 bits per heavy atom. The van der Waals surface area contributed by atoms with Crippen LogP contribution in [0, 0.1) is 5.92 Å². The summed E-state index contributed by atoms with van der Waals surface area (Å²) in [7, 11) is 0. The van der Waals surface area contributed by atoms with E-state index in [1.165, 1.54) is 32.1 Å². The number of hydrogen-bond donors (Lipinski definition) is 0. The van der Waals surface area contributed by atoms with Gasteiger partial charge in [-0.05, 0) is 38.0 Å². The molecule has 0 aliphatic heterocycles. The Hall–Kier alpha value is 0.480. The SMILES string of the molecule is BrC12CCC(CC1)C2. The highest BCUT2D eigenvalue weighted by Gasteiger charge is 2.42. The summed E-state index contributed by atoms with van der Waals surface area (Å²) in [4.78, 5) is 0. The van der Waals surface area contributed by atoms with Gasteiger partial charge in [-0.1, -0.05) is 15.9 Å². The molecule has 1 heteroatoms. The lowest BCUT2D eigenvalue weighted by atomic mass is 10.0. The minimum absolute atomic E-state index is 0.623. The van der Waals surface area contributed by atoms with Gasteiger partial charge in [0.15, 0.2) is 0 Å². The van der Waals surface area contributed by atoms with Crippen molar-refractivity contribution in [2.75, 3.05) is 0 Å². The zero-order valence-corrected chi connectivity index (χ0v) is 6.58. The zero-order valence-electron chi connectivity index (χ0n) is 4.99. The second-order valence-electron chi connectivity index (χ2n) is 3.30. The van der Waals surface area contributed by atoms with Crippen molar-refractivity contribution in [3.05, 3.63) is 0 Å². The third kappa shape index (κ3) is 0.637. The Morgan fingerprint density at radius 1 is 1.25 bits per heavy atom. The molecule has 2 bridgehead atoms. The Labute approximate surface area is 58.8 Å². The fraction of sp³-hybridized carbons (Fsp3) is 1.00. The third-order valence-corrected chi connectivity index (χ3v) is 3.77. The van der Waals surface area contributed by atoms with Gasteiger partial charge < -0.3 is 0 Å². The van der Waals surface area contributed by atoms with Gasteiger partial charge in [0.1, 0.15) is 0 Å². The van der Waals surface area contributed by atoms with Crippen LogP contribution in [0.2, 0.25) is 0 Å². The number of rotatable bonds is 0. The lowest BCUT2D eigenvalue weighted by Crippen LogP contribution is -2.10. The fourth-order valence-corrected chi connectivity index (χ4v) is 3.04. The second-order valence-corrected chi connectivity index (χ2v) is 4.98. The Morgan fingerprint density at radius 2 is 1.88 bits per heavy atom. The van der Waals surface area contributed by atoms with Crippen molar-refractivity contribution in [1.82, 2.24) is 0 Å². The predicted octanol–water partition coefficient (Wildman–Crippen LogP) is 2.71. The van der Waals surface area contributed by atoms with E-state index < -0.39 is 0 Å². The van der Waals surface area contributed by atoms with Crippen molar-refractivity contribution in [3.8, 4) is 0 Å². The molecule has 2 fully saturated rings. The Bertz CT molecular complexity index is 101. The lowest BCUT2D eigenvalue weighted by molar-refractivity contribution is 0.503. The van der Waals surface area contributed by atoms with Gasteiger partial charge in [0.2, 0.25) is 0 Å². The van der Waals surface area contributed by atoms with E-state index in [9.17, 15) is 0 Å². The van der Waals surface area contributed by atoms with Crippen molar-refractivity contribution in [2.24, 2.45) is 5.92 Å². The largest absolute Gasteiger partial charge is 0.0853 e. The van der Waals surface area contributed by atoms with E-state index in [1.807, 2.05) is 0 Å². The monoisotopic (exact) mass is 174 g/mol. The Kier molecular flexibility index (Phi) is 0.989. The molecule has 0 N–H and O–H groups in total. The fourth-order valence-electron chi connectivity index (χ4n) is 2.12. The van der Waals surface area contributed by atoms with Gasteiger partial charge in [-0.2, -0.15) is 0 Å². The first kappa shape index (κ1) is 5.28. The highest BCUT2D eigenvalue weighted by Crippen LogP contribution is 2.52. The molecule has 0 aromatic rings. The maximum absolute atomic E-state index is 3.79. The third-order valence-electron chi connectivity index (χ3n) is 2.66. The highest BCUT2D eigenvalue weighted by molar-refractivity contribution is 9.10. The summed E-state index contributed by atoms with van der Waals surface area (Å²) in [5.74, 6) is 1.09. The van der Waals surface area contributed by atoms with Gasteiger partial charge in [0.05, 0.1) is 0 Å². The first-order chi connectivity index (χ1) is 3.79. The van der Waals surface area contributed by atoms with Gasteiger partial charge in [-0.15, -0.1) is 0 Å². The van der Waals surface area contributed by atoms with Crippen LogP contribution in [0.15, 0.2) is 0 Å². The van der Waals surface area contributed by atoms with Gasteiger partial charge in [0.25, 0.3) is 0 Å². The minimum Gasteiger partial charge on any atom is -0.0853 e. The topological polar surface area (TPSA) is 0 Å². The smallest absolute Gasteiger partial charge is 0.0260 e. The van der Waals surface area contributed by atoms with E-state index in [1.54, 1.807) is 0 Å². The summed E-state index contributed by atoms with van der Waals surface area (Å²) < 4.78 is 0.623. The molecule has 2 aliphatic carbocycles. The summed E-state index contributed by atoms with van der Waals surface area (Å²) in [5, 5.41) is 0. The van der Waals surface area contributed by atoms with Crippen molar-refractivity contribution in [1.29, 1.82) is 0 Å². The van der Waals surface area contributed by atoms with E-state index in [-0.39, 0.29) is 0 Å². The summed E-state index contributed by atoms with van der Waals surface area (Å²) in [6.45, 7) is 0. The minimum atomic E-state index is 0.623. The molecule has 2 saturated carbocycles. The van der Waals surface area contributed by atoms with Gasteiger partial charge in [-0.3, -0.25) is 0 Å². The van der Waals surface area contributed by atoms with E-state index >= 15 is 0 Å². The van der Waals surface area contributed by atoms with Crippen molar-refractivity contribution < 1.29 is 0 Å². The number of fused-ring (bicyclic) bond motifs is 2. The maximum atomic E-state index is 3.79. The van der Waals surface area contributed by atoms with Gasteiger partial charge in [0, 0.05) is 4.32 Å². The lowest BCUT2D eigenvalue weighted by Gasteiger charge is -2.16. The Balaban J connectivity index is 2.19. The molecule has 0 unspecified atom stereocenters. The van der Waals surface area contributed by atoms with E-state index in [2.05, 4.69) is 15.9 Å². The normalized spacial score (nSPS) is 52.9. The molecule has 2 rings (SSSR count). The van der Waals surface area contributed by atoms with Crippen molar-refractivity contribution in [3.63, 3.8) is 0 Å². The zero-order chi connectivity index (χ0) is 5.61. The number of alkyl halides is 1. The van der Waals surface area contributed by atoms with Gasteiger partial charge in [-0.25, -0.2) is 0 Å². The maximum Gasteiger partial charge on any atom is 0.0260 e. The first-order valence-electron chi connectivity index (χ1n) is 3.47. The summed E-state index contributed by atoms with van der Waals surface area (Å²) in [6, 6.07) is 0.